The van der Waals surface area contributed by atoms with Crippen LogP contribution in [0.2, 0.25) is 0 Å². The van der Waals surface area contributed by atoms with Crippen LogP contribution in [0.3, 0.4) is 0 Å². The van der Waals surface area contributed by atoms with Gasteiger partial charge in [-0.25, -0.2) is 0 Å². The molecule has 3 nitrogen and oxygen atoms in total. The number of benzene rings is 3. The molecule has 1 aliphatic heterocycles. The van der Waals surface area contributed by atoms with E-state index < -0.39 is 0 Å². The molecule has 0 radical (unpaired) electrons. The van der Waals surface area contributed by atoms with Gasteiger partial charge in [0, 0.05) is 13.1 Å². The second-order valence-corrected chi connectivity index (χ2v) is 7.48. The highest BCUT2D eigenvalue weighted by molar-refractivity contribution is 5.44. The van der Waals surface area contributed by atoms with Crippen LogP contribution in [0.5, 0.6) is 11.5 Å². The van der Waals surface area contributed by atoms with Crippen LogP contribution in [0.15, 0.2) is 72.8 Å². The molecule has 0 atom stereocenters. The van der Waals surface area contributed by atoms with Gasteiger partial charge < -0.3 is 9.47 Å². The lowest BCUT2D eigenvalue weighted by Crippen LogP contribution is -2.24. The second-order valence-electron chi connectivity index (χ2n) is 7.48. The largest absolute Gasteiger partial charge is 0.454 e. The molecule has 0 saturated carbocycles. The van der Waals surface area contributed by atoms with Crippen LogP contribution in [0, 0.1) is 6.92 Å². The highest BCUT2D eigenvalue weighted by Crippen LogP contribution is 2.33. The van der Waals surface area contributed by atoms with Crippen LogP contribution in [0.4, 0.5) is 0 Å². The molecule has 0 saturated heterocycles. The van der Waals surface area contributed by atoms with Gasteiger partial charge in [-0.3, -0.25) is 4.90 Å². The molecule has 0 N–H and O–H groups in total. The Balaban J connectivity index is 1.44. The van der Waals surface area contributed by atoms with Gasteiger partial charge >= 0.3 is 0 Å². The van der Waals surface area contributed by atoms with Gasteiger partial charge in [-0.15, -0.1) is 0 Å². The highest BCUT2D eigenvalue weighted by atomic mass is 16.7. The van der Waals surface area contributed by atoms with Crippen molar-refractivity contribution < 1.29 is 9.47 Å². The summed E-state index contributed by atoms with van der Waals surface area (Å²) in [6.07, 6.45) is 2.24. The Hall–Kier alpha value is -2.78. The number of nitrogens with zero attached hydrogens (tertiary/aromatic N) is 1. The van der Waals surface area contributed by atoms with E-state index in [1.54, 1.807) is 0 Å². The highest BCUT2D eigenvalue weighted by Gasteiger charge is 2.15. The van der Waals surface area contributed by atoms with Gasteiger partial charge in [0.15, 0.2) is 11.5 Å². The summed E-state index contributed by atoms with van der Waals surface area (Å²) in [4.78, 5) is 2.52. The summed E-state index contributed by atoms with van der Waals surface area (Å²) in [5, 5.41) is 0. The van der Waals surface area contributed by atoms with Crippen LogP contribution in [-0.2, 0) is 19.5 Å². The van der Waals surface area contributed by atoms with Gasteiger partial charge in [0.1, 0.15) is 0 Å². The predicted molar refractivity (Wildman–Crippen MR) is 113 cm³/mol. The van der Waals surface area contributed by atoms with Gasteiger partial charge in [-0.2, -0.15) is 0 Å². The van der Waals surface area contributed by atoms with Gasteiger partial charge in [0.2, 0.25) is 6.79 Å². The first-order chi connectivity index (χ1) is 13.8. The van der Waals surface area contributed by atoms with E-state index in [2.05, 4.69) is 78.6 Å². The van der Waals surface area contributed by atoms with Crippen molar-refractivity contribution >= 4 is 0 Å². The number of hydrogen-bond donors (Lipinski definition) is 0. The molecule has 3 aromatic rings. The molecule has 0 aromatic heterocycles. The Kier molecular flexibility index (Phi) is 5.93. The molecular weight excluding hydrogens is 346 g/mol. The van der Waals surface area contributed by atoms with Crippen molar-refractivity contribution in [3.05, 3.63) is 95.1 Å². The minimum Gasteiger partial charge on any atom is -0.454 e. The molecule has 28 heavy (non-hydrogen) atoms. The van der Waals surface area contributed by atoms with E-state index in [-0.39, 0.29) is 0 Å². The molecule has 0 spiro atoms. The normalized spacial score (nSPS) is 12.5. The molecule has 0 aliphatic carbocycles. The van der Waals surface area contributed by atoms with Crippen LogP contribution < -0.4 is 9.47 Å². The van der Waals surface area contributed by atoms with Crippen molar-refractivity contribution in [2.45, 2.75) is 32.9 Å². The molecule has 144 valence electrons. The quantitative estimate of drug-likeness (QED) is 0.531. The van der Waals surface area contributed by atoms with Crippen molar-refractivity contribution in [3.63, 3.8) is 0 Å². The average molecular weight is 373 g/mol. The predicted octanol–water partition coefficient (Wildman–Crippen LogP) is 5.36. The second kappa shape index (κ2) is 8.94. The number of hydrogen-bond acceptors (Lipinski definition) is 3. The van der Waals surface area contributed by atoms with Crippen LogP contribution in [0.1, 0.15) is 28.7 Å². The Morgan fingerprint density at radius 1 is 0.750 bits per heavy atom. The van der Waals surface area contributed by atoms with Gasteiger partial charge in [0.25, 0.3) is 0 Å². The van der Waals surface area contributed by atoms with Gasteiger partial charge in [-0.1, -0.05) is 66.2 Å². The molecule has 0 unspecified atom stereocenters. The van der Waals surface area contributed by atoms with Crippen molar-refractivity contribution in [3.8, 4) is 11.5 Å². The Bertz CT molecular complexity index is 907. The number of rotatable bonds is 8. The molecule has 3 aromatic carbocycles. The topological polar surface area (TPSA) is 21.7 Å². The summed E-state index contributed by atoms with van der Waals surface area (Å²) in [6.45, 7) is 5.38. The van der Waals surface area contributed by atoms with Gasteiger partial charge in [-0.05, 0) is 55.1 Å². The standard InChI is InChI=1S/C25H27NO2/c1-20-7-5-10-22(15-20)17-26(14-6-11-21-8-3-2-4-9-21)18-23-12-13-24-25(16-23)28-19-27-24/h2-5,7-10,12-13,15-16H,6,11,14,17-19H2,1H3. The van der Waals surface area contributed by atoms with E-state index in [4.69, 9.17) is 9.47 Å². The zero-order chi connectivity index (χ0) is 19.2. The average Bonchev–Trinajstić information content (AvgIpc) is 3.17. The van der Waals surface area contributed by atoms with E-state index in [0.717, 1.165) is 44.0 Å². The minimum atomic E-state index is 0.322. The number of ether oxygens (including phenoxy) is 2. The van der Waals surface area contributed by atoms with E-state index in [0.29, 0.717) is 6.79 Å². The van der Waals surface area contributed by atoms with Crippen molar-refractivity contribution in [2.75, 3.05) is 13.3 Å². The third kappa shape index (κ3) is 4.93. The summed E-state index contributed by atoms with van der Waals surface area (Å²) < 4.78 is 11.0. The zero-order valence-electron chi connectivity index (χ0n) is 16.4. The fraction of sp³-hybridized carbons (Fsp3) is 0.280. The third-order valence-electron chi connectivity index (χ3n) is 5.11. The Morgan fingerprint density at radius 3 is 2.32 bits per heavy atom. The SMILES string of the molecule is Cc1cccc(CN(CCCc2ccccc2)Cc2ccc3c(c2)OCO3)c1. The summed E-state index contributed by atoms with van der Waals surface area (Å²) in [6, 6.07) is 25.8. The zero-order valence-corrected chi connectivity index (χ0v) is 16.4. The summed E-state index contributed by atoms with van der Waals surface area (Å²) in [5.74, 6) is 1.70. The summed E-state index contributed by atoms with van der Waals surface area (Å²) in [7, 11) is 0. The maximum atomic E-state index is 5.55. The van der Waals surface area contributed by atoms with Gasteiger partial charge in [0.05, 0.1) is 0 Å². The van der Waals surface area contributed by atoms with E-state index in [1.165, 1.54) is 22.3 Å². The molecular formula is C25H27NO2. The molecule has 4 rings (SSSR count). The van der Waals surface area contributed by atoms with E-state index in [1.807, 2.05) is 6.07 Å². The van der Waals surface area contributed by atoms with Crippen molar-refractivity contribution in [1.29, 1.82) is 0 Å². The van der Waals surface area contributed by atoms with Crippen molar-refractivity contribution in [1.82, 2.24) is 4.90 Å². The molecule has 0 fully saturated rings. The maximum Gasteiger partial charge on any atom is 0.231 e. The first-order valence-corrected chi connectivity index (χ1v) is 9.97. The molecule has 0 amide bonds. The van der Waals surface area contributed by atoms with Crippen LogP contribution in [-0.4, -0.2) is 18.2 Å². The summed E-state index contributed by atoms with van der Waals surface area (Å²) in [5.41, 5.74) is 5.34. The van der Waals surface area contributed by atoms with Crippen LogP contribution >= 0.6 is 0 Å². The van der Waals surface area contributed by atoms with E-state index >= 15 is 0 Å². The lowest BCUT2D eigenvalue weighted by Gasteiger charge is -2.23. The monoisotopic (exact) mass is 373 g/mol. The first-order valence-electron chi connectivity index (χ1n) is 9.97. The molecule has 3 heteroatoms. The molecule has 1 heterocycles. The number of fused-ring (bicyclic) bond motifs is 1. The fourth-order valence-corrected chi connectivity index (χ4v) is 3.73. The first kappa shape index (κ1) is 18.6. The molecule has 0 bridgehead atoms. The Morgan fingerprint density at radius 2 is 1.50 bits per heavy atom. The maximum absolute atomic E-state index is 5.55. The van der Waals surface area contributed by atoms with Crippen molar-refractivity contribution in [2.24, 2.45) is 0 Å². The summed E-state index contributed by atoms with van der Waals surface area (Å²) >= 11 is 0. The van der Waals surface area contributed by atoms with E-state index in [9.17, 15) is 0 Å². The molecule has 1 aliphatic rings. The fourth-order valence-electron chi connectivity index (χ4n) is 3.73. The Labute approximate surface area is 167 Å². The number of aryl methyl sites for hydroxylation is 2. The lowest BCUT2D eigenvalue weighted by atomic mass is 10.1. The smallest absolute Gasteiger partial charge is 0.231 e. The third-order valence-corrected chi connectivity index (χ3v) is 5.11. The minimum absolute atomic E-state index is 0.322. The lowest BCUT2D eigenvalue weighted by molar-refractivity contribution is 0.174. The van der Waals surface area contributed by atoms with Crippen LogP contribution in [0.25, 0.3) is 0 Å².